The number of nitro benzene ring substituents is 1. The third-order valence-electron chi connectivity index (χ3n) is 6.35. The molecule has 0 spiro atoms. The summed E-state index contributed by atoms with van der Waals surface area (Å²) in [5.41, 5.74) is 2.30. The highest BCUT2D eigenvalue weighted by Crippen LogP contribution is 2.25. The van der Waals surface area contributed by atoms with Crippen LogP contribution in [0.3, 0.4) is 0 Å². The Morgan fingerprint density at radius 3 is 2.46 bits per heavy atom. The molecule has 0 aliphatic carbocycles. The van der Waals surface area contributed by atoms with Crippen LogP contribution in [0, 0.1) is 10.1 Å². The van der Waals surface area contributed by atoms with Crippen molar-refractivity contribution < 1.29 is 4.92 Å². The lowest BCUT2D eigenvalue weighted by atomic mass is 10.0. The molecule has 1 aromatic heterocycles. The molecule has 1 aliphatic heterocycles. The van der Waals surface area contributed by atoms with E-state index >= 15 is 0 Å². The maximum Gasteiger partial charge on any atom is 0.329 e. The molecule has 1 fully saturated rings. The molecule has 1 aliphatic rings. The molecule has 184 valence electrons. The molecule has 0 saturated carbocycles. The van der Waals surface area contributed by atoms with Gasteiger partial charge in [-0.2, -0.15) is 0 Å². The Hall–Kier alpha value is -3.92. The monoisotopic (exact) mass is 478 g/mol. The zero-order valence-corrected chi connectivity index (χ0v) is 19.8. The smallest absolute Gasteiger partial charge is 0.329 e. The first-order valence-corrected chi connectivity index (χ1v) is 11.7. The van der Waals surface area contributed by atoms with E-state index in [1.54, 1.807) is 12.1 Å². The highest BCUT2D eigenvalue weighted by atomic mass is 16.6. The number of nitro groups is 1. The molecule has 35 heavy (non-hydrogen) atoms. The average Bonchev–Trinajstić information content (AvgIpc) is 2.86. The van der Waals surface area contributed by atoms with Crippen LogP contribution in [0.4, 0.5) is 17.2 Å². The summed E-state index contributed by atoms with van der Waals surface area (Å²) in [7, 11) is 1.46. The molecular weight excluding hydrogens is 448 g/mol. The number of hydrogen-bond donors (Lipinski definition) is 2. The molecule has 0 unspecified atom stereocenters. The Morgan fingerprint density at radius 1 is 1.03 bits per heavy atom. The van der Waals surface area contributed by atoms with E-state index in [2.05, 4.69) is 15.2 Å². The number of non-ortho nitro benzene ring substituents is 1. The lowest BCUT2D eigenvalue weighted by Gasteiger charge is -2.35. The molecule has 2 aromatic carbocycles. The number of aromatic nitrogens is 2. The van der Waals surface area contributed by atoms with Crippen molar-refractivity contribution in [2.24, 2.45) is 7.05 Å². The van der Waals surface area contributed by atoms with Crippen molar-refractivity contribution in [1.29, 1.82) is 0 Å². The van der Waals surface area contributed by atoms with Gasteiger partial charge in [0.25, 0.3) is 11.2 Å². The number of H-pyrrole nitrogens is 1. The molecule has 10 nitrogen and oxygen atoms in total. The highest BCUT2D eigenvalue weighted by molar-refractivity contribution is 5.57. The zero-order chi connectivity index (χ0) is 24.8. The van der Waals surface area contributed by atoms with E-state index in [1.165, 1.54) is 19.2 Å². The van der Waals surface area contributed by atoms with Gasteiger partial charge in [0, 0.05) is 63.7 Å². The summed E-state index contributed by atoms with van der Waals surface area (Å²) >= 11 is 0. The number of rotatable bonds is 9. The number of benzene rings is 2. The first-order chi connectivity index (χ1) is 16.9. The third-order valence-corrected chi connectivity index (χ3v) is 6.35. The number of hydrogen-bond acceptors (Lipinski definition) is 7. The van der Waals surface area contributed by atoms with Crippen LogP contribution in [-0.4, -0.2) is 58.6 Å². The molecule has 0 bridgehead atoms. The summed E-state index contributed by atoms with van der Waals surface area (Å²) in [5.74, 6) is 0.573. The van der Waals surface area contributed by atoms with E-state index in [4.69, 9.17) is 0 Å². The molecule has 2 heterocycles. The fourth-order valence-electron chi connectivity index (χ4n) is 4.28. The summed E-state index contributed by atoms with van der Waals surface area (Å²) in [6.07, 6.45) is 1.54. The molecule has 4 rings (SSSR count). The van der Waals surface area contributed by atoms with E-state index in [1.807, 2.05) is 35.2 Å². The minimum Gasteiger partial charge on any atom is -0.385 e. The molecule has 2 N–H and O–H groups in total. The van der Waals surface area contributed by atoms with Gasteiger partial charge >= 0.3 is 5.69 Å². The lowest BCUT2D eigenvalue weighted by molar-refractivity contribution is -0.384. The van der Waals surface area contributed by atoms with Crippen molar-refractivity contribution in [2.45, 2.75) is 12.8 Å². The quantitative estimate of drug-likeness (QED) is 0.275. The van der Waals surface area contributed by atoms with Gasteiger partial charge in [-0.3, -0.25) is 29.4 Å². The third kappa shape index (κ3) is 6.15. The van der Waals surface area contributed by atoms with Gasteiger partial charge in [0.1, 0.15) is 5.82 Å². The summed E-state index contributed by atoms with van der Waals surface area (Å²) < 4.78 is 1.06. The Morgan fingerprint density at radius 2 is 1.77 bits per heavy atom. The number of piperazine rings is 1. The second kappa shape index (κ2) is 11.0. The summed E-state index contributed by atoms with van der Waals surface area (Å²) in [6.45, 7) is 4.82. The van der Waals surface area contributed by atoms with Crippen LogP contribution >= 0.6 is 0 Å². The molecule has 10 heteroatoms. The number of anilines is 2. The first kappa shape index (κ1) is 24.2. The van der Waals surface area contributed by atoms with E-state index in [0.717, 1.165) is 67.1 Å². The Balaban J connectivity index is 1.29. The first-order valence-electron chi connectivity index (χ1n) is 11.7. The van der Waals surface area contributed by atoms with Crippen molar-refractivity contribution in [2.75, 3.05) is 49.5 Å². The Kier molecular flexibility index (Phi) is 7.61. The molecule has 1 saturated heterocycles. The van der Waals surface area contributed by atoms with Crippen LogP contribution in [0.15, 0.2) is 64.2 Å². The second-order valence-corrected chi connectivity index (χ2v) is 8.73. The zero-order valence-electron chi connectivity index (χ0n) is 19.8. The fraction of sp³-hybridized carbons (Fsp3) is 0.360. The van der Waals surface area contributed by atoms with E-state index < -0.39 is 5.69 Å². The topological polar surface area (TPSA) is 117 Å². The van der Waals surface area contributed by atoms with E-state index in [9.17, 15) is 19.7 Å². The lowest BCUT2D eigenvalue weighted by Crippen LogP contribution is -2.48. The largest absolute Gasteiger partial charge is 0.385 e. The second-order valence-electron chi connectivity index (χ2n) is 8.73. The van der Waals surface area contributed by atoms with Crippen molar-refractivity contribution in [3.05, 3.63) is 96.7 Å². The predicted molar refractivity (Wildman–Crippen MR) is 136 cm³/mol. The summed E-state index contributed by atoms with van der Waals surface area (Å²) in [6, 6.07) is 16.4. The van der Waals surface area contributed by atoms with Crippen LogP contribution in [0.1, 0.15) is 17.5 Å². The van der Waals surface area contributed by atoms with Crippen molar-refractivity contribution in [1.82, 2.24) is 14.5 Å². The normalized spacial score (nSPS) is 14.1. The van der Waals surface area contributed by atoms with Gasteiger partial charge in [0.05, 0.1) is 4.92 Å². The molecule has 0 atom stereocenters. The minimum atomic E-state index is -0.404. The Bertz CT molecular complexity index is 1250. The van der Waals surface area contributed by atoms with Gasteiger partial charge in [-0.25, -0.2) is 4.79 Å². The van der Waals surface area contributed by atoms with Crippen LogP contribution < -0.4 is 21.5 Å². The maximum absolute atomic E-state index is 11.9. The van der Waals surface area contributed by atoms with Crippen molar-refractivity contribution in [3.8, 4) is 0 Å². The van der Waals surface area contributed by atoms with Gasteiger partial charge in [-0.15, -0.1) is 0 Å². The number of aromatic amines is 1. The van der Waals surface area contributed by atoms with E-state index in [-0.39, 0.29) is 16.2 Å². The van der Waals surface area contributed by atoms with Crippen molar-refractivity contribution in [3.63, 3.8) is 0 Å². The summed E-state index contributed by atoms with van der Waals surface area (Å²) in [5, 5.41) is 14.7. The molecule has 0 amide bonds. The van der Waals surface area contributed by atoms with Crippen LogP contribution in [0.2, 0.25) is 0 Å². The molecule has 3 aromatic rings. The predicted octanol–water partition coefficient (Wildman–Crippen LogP) is 2.20. The van der Waals surface area contributed by atoms with Gasteiger partial charge in [-0.05, 0) is 36.6 Å². The SMILES string of the molecule is Cn1c(=O)cc(N2CCN(CCCNc3ccc([N+](=O)[O-])cc3Cc3ccccc3)CC2)[nH]c1=O. The van der Waals surface area contributed by atoms with Crippen LogP contribution in [0.5, 0.6) is 0 Å². The van der Waals surface area contributed by atoms with Crippen LogP contribution in [0.25, 0.3) is 0 Å². The number of nitrogens with zero attached hydrogens (tertiary/aromatic N) is 4. The van der Waals surface area contributed by atoms with Gasteiger partial charge < -0.3 is 10.2 Å². The highest BCUT2D eigenvalue weighted by Gasteiger charge is 2.18. The minimum absolute atomic E-state index is 0.0944. The van der Waals surface area contributed by atoms with Gasteiger partial charge in [0.15, 0.2) is 0 Å². The van der Waals surface area contributed by atoms with E-state index in [0.29, 0.717) is 12.2 Å². The number of nitrogens with one attached hydrogen (secondary N) is 2. The maximum atomic E-state index is 11.9. The molecular formula is C25H30N6O4. The summed E-state index contributed by atoms with van der Waals surface area (Å²) in [4.78, 5) is 41.8. The Labute approximate surface area is 203 Å². The standard InChI is InChI=1S/C25H30N6O4/c1-28-24(32)18-23(27-25(28)33)30-14-12-29(13-15-30)11-5-10-26-22-9-8-21(31(34)35)17-20(22)16-19-6-3-2-4-7-19/h2-4,6-9,17-18,26H,5,10-16H2,1H3,(H,27,33). The van der Waals surface area contributed by atoms with Gasteiger partial charge in [-0.1, -0.05) is 30.3 Å². The van der Waals surface area contributed by atoms with Crippen molar-refractivity contribution >= 4 is 17.2 Å². The average molecular weight is 479 g/mol. The fourth-order valence-corrected chi connectivity index (χ4v) is 4.28. The van der Waals surface area contributed by atoms with Crippen LogP contribution in [-0.2, 0) is 13.5 Å². The molecule has 0 radical (unpaired) electrons. The van der Waals surface area contributed by atoms with Gasteiger partial charge in [0.2, 0.25) is 0 Å².